The lowest BCUT2D eigenvalue weighted by molar-refractivity contribution is 0.0690. The SMILES string of the molecule is O=C(O)c1cccc(N2CCC(/C=C/c3c(-c4c(Cl)cccc4Cl)noc3C3CC3)CC2)n1. The third-order valence-corrected chi connectivity index (χ3v) is 6.89. The second-order valence-corrected chi connectivity index (χ2v) is 9.36. The van der Waals surface area contributed by atoms with Crippen molar-refractivity contribution in [1.29, 1.82) is 0 Å². The van der Waals surface area contributed by atoms with Gasteiger partial charge in [-0.25, -0.2) is 9.78 Å². The van der Waals surface area contributed by atoms with Crippen molar-refractivity contribution in [3.05, 3.63) is 69.5 Å². The van der Waals surface area contributed by atoms with E-state index in [1.807, 2.05) is 24.3 Å². The van der Waals surface area contributed by atoms with Gasteiger partial charge >= 0.3 is 5.97 Å². The highest BCUT2D eigenvalue weighted by molar-refractivity contribution is 6.39. The number of carboxylic acid groups (broad SMARTS) is 1. The Labute approximate surface area is 201 Å². The van der Waals surface area contributed by atoms with Crippen LogP contribution in [0.25, 0.3) is 17.3 Å². The highest BCUT2D eigenvalue weighted by Gasteiger charge is 2.32. The van der Waals surface area contributed by atoms with E-state index in [1.165, 1.54) is 6.07 Å². The molecule has 1 N–H and O–H groups in total. The number of pyridine rings is 1. The van der Waals surface area contributed by atoms with E-state index in [2.05, 4.69) is 27.2 Å². The Morgan fingerprint density at radius 3 is 2.42 bits per heavy atom. The Bertz CT molecular complexity index is 1190. The first-order valence-corrected chi connectivity index (χ1v) is 11.8. The first-order valence-electron chi connectivity index (χ1n) is 11.1. The molecule has 0 atom stereocenters. The van der Waals surface area contributed by atoms with Gasteiger partial charge in [0, 0.05) is 30.1 Å². The fourth-order valence-electron chi connectivity index (χ4n) is 4.29. The van der Waals surface area contributed by atoms with Crippen molar-refractivity contribution in [1.82, 2.24) is 10.1 Å². The largest absolute Gasteiger partial charge is 0.477 e. The van der Waals surface area contributed by atoms with E-state index in [0.29, 0.717) is 39.0 Å². The van der Waals surface area contributed by atoms with E-state index in [1.54, 1.807) is 6.07 Å². The van der Waals surface area contributed by atoms with E-state index >= 15 is 0 Å². The predicted molar refractivity (Wildman–Crippen MR) is 129 cm³/mol. The maximum Gasteiger partial charge on any atom is 0.354 e. The molecule has 0 amide bonds. The topological polar surface area (TPSA) is 79.5 Å². The third kappa shape index (κ3) is 4.63. The van der Waals surface area contributed by atoms with Crippen molar-refractivity contribution >= 4 is 41.1 Å². The number of halogens is 2. The van der Waals surface area contributed by atoms with Crippen LogP contribution in [-0.4, -0.2) is 34.3 Å². The molecule has 0 spiro atoms. The summed E-state index contributed by atoms with van der Waals surface area (Å²) in [5, 5.41) is 14.6. The summed E-state index contributed by atoms with van der Waals surface area (Å²) in [7, 11) is 0. The average molecular weight is 484 g/mol. The van der Waals surface area contributed by atoms with Crippen LogP contribution in [0.15, 0.2) is 47.0 Å². The van der Waals surface area contributed by atoms with Crippen molar-refractivity contribution in [3.8, 4) is 11.3 Å². The van der Waals surface area contributed by atoms with Crippen molar-refractivity contribution in [2.45, 2.75) is 31.6 Å². The van der Waals surface area contributed by atoms with Crippen LogP contribution in [0.2, 0.25) is 10.0 Å². The highest BCUT2D eigenvalue weighted by Crippen LogP contribution is 2.46. The number of nitrogens with zero attached hydrogens (tertiary/aromatic N) is 3. The van der Waals surface area contributed by atoms with Gasteiger partial charge in [-0.05, 0) is 55.9 Å². The van der Waals surface area contributed by atoms with Gasteiger partial charge in [0.05, 0.1) is 10.0 Å². The maximum atomic E-state index is 11.2. The minimum absolute atomic E-state index is 0.0698. The Kier molecular flexibility index (Phi) is 6.13. The van der Waals surface area contributed by atoms with Gasteiger partial charge in [-0.15, -0.1) is 0 Å². The number of aromatic carboxylic acids is 1. The molecule has 8 heteroatoms. The molecule has 0 bridgehead atoms. The molecular formula is C25H23Cl2N3O3. The van der Waals surface area contributed by atoms with Crippen LogP contribution in [0.4, 0.5) is 5.82 Å². The summed E-state index contributed by atoms with van der Waals surface area (Å²) in [4.78, 5) is 17.6. The van der Waals surface area contributed by atoms with Crippen molar-refractivity contribution in [3.63, 3.8) is 0 Å². The average Bonchev–Trinajstić information content (AvgIpc) is 3.58. The molecule has 33 heavy (non-hydrogen) atoms. The summed E-state index contributed by atoms with van der Waals surface area (Å²) >= 11 is 12.9. The van der Waals surface area contributed by atoms with Crippen LogP contribution < -0.4 is 4.90 Å². The summed E-state index contributed by atoms with van der Waals surface area (Å²) in [6.45, 7) is 1.63. The van der Waals surface area contributed by atoms with Gasteiger partial charge in [0.15, 0.2) is 5.69 Å². The monoisotopic (exact) mass is 483 g/mol. The summed E-state index contributed by atoms with van der Waals surface area (Å²) in [5.41, 5.74) is 2.43. The second kappa shape index (κ2) is 9.20. The number of carboxylic acids is 1. The van der Waals surface area contributed by atoms with Gasteiger partial charge in [0.25, 0.3) is 0 Å². The number of rotatable bonds is 6. The summed E-state index contributed by atoms with van der Waals surface area (Å²) in [6.07, 6.45) is 8.44. The summed E-state index contributed by atoms with van der Waals surface area (Å²) in [6, 6.07) is 10.6. The number of allylic oxidation sites excluding steroid dienone is 1. The Morgan fingerprint density at radius 2 is 1.76 bits per heavy atom. The van der Waals surface area contributed by atoms with Crippen LogP contribution in [0, 0.1) is 5.92 Å². The number of aromatic nitrogens is 2. The molecule has 2 aliphatic rings. The normalized spacial score (nSPS) is 17.1. The van der Waals surface area contributed by atoms with E-state index in [9.17, 15) is 9.90 Å². The molecule has 6 nitrogen and oxygen atoms in total. The quantitative estimate of drug-likeness (QED) is 0.428. The number of carbonyl (C=O) groups is 1. The zero-order valence-corrected chi connectivity index (χ0v) is 19.4. The molecule has 0 unspecified atom stereocenters. The van der Waals surface area contributed by atoms with E-state index < -0.39 is 5.97 Å². The maximum absolute atomic E-state index is 11.2. The van der Waals surface area contributed by atoms with Crippen LogP contribution in [-0.2, 0) is 0 Å². The zero-order chi connectivity index (χ0) is 22.9. The molecule has 170 valence electrons. The number of hydrogen-bond donors (Lipinski definition) is 1. The molecule has 2 fully saturated rings. The molecule has 3 heterocycles. The first-order chi connectivity index (χ1) is 16.0. The standard InChI is InChI=1S/C25H23Cl2N3O3/c26-18-3-1-4-19(27)22(18)23-17(24(33-29-23)16-8-9-16)10-7-15-11-13-30(14-12-15)21-6-2-5-20(28-21)25(31)32/h1-7,10,15-16H,8-9,11-14H2,(H,31,32)/b10-7+. The smallest absolute Gasteiger partial charge is 0.354 e. The molecule has 2 aromatic heterocycles. The number of benzene rings is 1. The Balaban J connectivity index is 1.34. The van der Waals surface area contributed by atoms with Gasteiger partial charge < -0.3 is 14.5 Å². The van der Waals surface area contributed by atoms with Crippen molar-refractivity contribution in [2.24, 2.45) is 5.92 Å². The molecule has 3 aromatic rings. The van der Waals surface area contributed by atoms with Crippen LogP contribution in [0.1, 0.15) is 53.4 Å². The summed E-state index contributed by atoms with van der Waals surface area (Å²) < 4.78 is 5.75. The lowest BCUT2D eigenvalue weighted by Crippen LogP contribution is -2.33. The third-order valence-electron chi connectivity index (χ3n) is 6.26. The molecule has 0 radical (unpaired) electrons. The minimum atomic E-state index is -1.01. The molecular weight excluding hydrogens is 461 g/mol. The minimum Gasteiger partial charge on any atom is -0.477 e. The van der Waals surface area contributed by atoms with Gasteiger partial charge in [0.2, 0.25) is 0 Å². The lowest BCUT2D eigenvalue weighted by Gasteiger charge is -2.31. The lowest BCUT2D eigenvalue weighted by atomic mass is 9.94. The van der Waals surface area contributed by atoms with Crippen molar-refractivity contribution < 1.29 is 14.4 Å². The first kappa shape index (κ1) is 22.0. The fourth-order valence-corrected chi connectivity index (χ4v) is 4.86. The highest BCUT2D eigenvalue weighted by atomic mass is 35.5. The number of hydrogen-bond acceptors (Lipinski definition) is 5. The van der Waals surface area contributed by atoms with E-state index in [0.717, 1.165) is 50.1 Å². The van der Waals surface area contributed by atoms with Crippen LogP contribution in [0.5, 0.6) is 0 Å². The zero-order valence-electron chi connectivity index (χ0n) is 17.9. The molecule has 1 aromatic carbocycles. The van der Waals surface area contributed by atoms with E-state index in [-0.39, 0.29) is 5.69 Å². The molecule has 1 aliphatic heterocycles. The van der Waals surface area contributed by atoms with Gasteiger partial charge in [0.1, 0.15) is 17.3 Å². The Hall–Kier alpha value is -2.83. The summed E-state index contributed by atoms with van der Waals surface area (Å²) in [5.74, 6) is 1.40. The van der Waals surface area contributed by atoms with E-state index in [4.69, 9.17) is 27.7 Å². The van der Waals surface area contributed by atoms with Gasteiger partial charge in [-0.1, -0.05) is 52.6 Å². The van der Waals surface area contributed by atoms with Gasteiger partial charge in [-0.3, -0.25) is 0 Å². The van der Waals surface area contributed by atoms with Crippen molar-refractivity contribution in [2.75, 3.05) is 18.0 Å². The Morgan fingerprint density at radius 1 is 1.06 bits per heavy atom. The molecule has 5 rings (SSSR count). The molecule has 1 saturated heterocycles. The second-order valence-electron chi connectivity index (χ2n) is 8.55. The number of anilines is 1. The van der Waals surface area contributed by atoms with Crippen LogP contribution in [0.3, 0.4) is 0 Å². The molecule has 1 aliphatic carbocycles. The van der Waals surface area contributed by atoms with Gasteiger partial charge in [-0.2, -0.15) is 0 Å². The molecule has 1 saturated carbocycles. The predicted octanol–water partition coefficient (Wildman–Crippen LogP) is 6.55. The number of piperidine rings is 1. The fraction of sp³-hybridized carbons (Fsp3) is 0.320. The van der Waals surface area contributed by atoms with Crippen LogP contribution >= 0.6 is 23.2 Å².